The molecule has 0 amide bonds. The smallest absolute Gasteiger partial charge is 0.335 e. The molecule has 2 unspecified atom stereocenters. The van der Waals surface area contributed by atoms with Gasteiger partial charge in [0, 0.05) is 24.2 Å². The Kier molecular flexibility index (Phi) is 4.65. The van der Waals surface area contributed by atoms with E-state index in [1.807, 2.05) is 0 Å². The Balaban J connectivity index is 2.26. The van der Waals surface area contributed by atoms with Gasteiger partial charge in [0.05, 0.1) is 12.7 Å². The lowest BCUT2D eigenvalue weighted by Gasteiger charge is -2.39. The maximum Gasteiger partial charge on any atom is 0.335 e. The molecule has 1 aromatic carbocycles. The van der Waals surface area contributed by atoms with E-state index in [0.717, 1.165) is 17.9 Å². The first-order chi connectivity index (χ1) is 9.52. The number of hydrogen-bond donors (Lipinski definition) is 1. The third-order valence-electron chi connectivity index (χ3n) is 4.26. The zero-order valence-electron chi connectivity index (χ0n) is 12.4. The highest BCUT2D eigenvalue weighted by Crippen LogP contribution is 2.28. The first-order valence-corrected chi connectivity index (χ1v) is 7.19. The van der Waals surface area contributed by atoms with Gasteiger partial charge in [-0.1, -0.05) is 6.42 Å². The maximum atomic E-state index is 11.1. The van der Waals surface area contributed by atoms with Crippen LogP contribution in [0.2, 0.25) is 0 Å². The minimum absolute atomic E-state index is 0.318. The van der Waals surface area contributed by atoms with Crippen LogP contribution in [0.15, 0.2) is 18.2 Å². The molecule has 2 atom stereocenters. The highest BCUT2D eigenvalue weighted by atomic mass is 16.5. The van der Waals surface area contributed by atoms with Crippen LogP contribution in [0.4, 0.5) is 0 Å². The van der Waals surface area contributed by atoms with E-state index in [0.29, 0.717) is 17.6 Å². The number of carbonyl (C=O) groups is 1. The van der Waals surface area contributed by atoms with Gasteiger partial charge in [-0.15, -0.1) is 0 Å². The van der Waals surface area contributed by atoms with Crippen molar-refractivity contribution in [2.75, 3.05) is 7.11 Å². The Morgan fingerprint density at radius 2 is 2.00 bits per heavy atom. The summed E-state index contributed by atoms with van der Waals surface area (Å²) in [5, 5.41) is 9.13. The third kappa shape index (κ3) is 3.12. The Labute approximate surface area is 120 Å². The minimum Gasteiger partial charge on any atom is -0.496 e. The molecule has 110 valence electrons. The van der Waals surface area contributed by atoms with E-state index >= 15 is 0 Å². The summed E-state index contributed by atoms with van der Waals surface area (Å²) in [4.78, 5) is 13.6. The third-order valence-corrected chi connectivity index (χ3v) is 4.26. The van der Waals surface area contributed by atoms with Crippen molar-refractivity contribution in [3.63, 3.8) is 0 Å². The van der Waals surface area contributed by atoms with Gasteiger partial charge in [-0.05, 0) is 44.9 Å². The van der Waals surface area contributed by atoms with Gasteiger partial charge in [-0.3, -0.25) is 4.90 Å². The number of rotatable bonds is 4. The summed E-state index contributed by atoms with van der Waals surface area (Å²) >= 11 is 0. The van der Waals surface area contributed by atoms with Crippen molar-refractivity contribution in [1.29, 1.82) is 0 Å². The number of methoxy groups -OCH3 is 1. The molecule has 0 saturated carbocycles. The van der Waals surface area contributed by atoms with Crippen LogP contribution in [-0.2, 0) is 6.54 Å². The van der Waals surface area contributed by atoms with Gasteiger partial charge in [0.15, 0.2) is 0 Å². The molecule has 2 rings (SSSR count). The van der Waals surface area contributed by atoms with Crippen molar-refractivity contribution >= 4 is 5.97 Å². The van der Waals surface area contributed by atoms with Gasteiger partial charge >= 0.3 is 5.97 Å². The van der Waals surface area contributed by atoms with Gasteiger partial charge in [0.2, 0.25) is 0 Å². The van der Waals surface area contributed by atoms with E-state index in [-0.39, 0.29) is 0 Å². The lowest BCUT2D eigenvalue weighted by molar-refractivity contribution is 0.0696. The van der Waals surface area contributed by atoms with Crippen molar-refractivity contribution in [2.45, 2.75) is 51.7 Å². The fourth-order valence-corrected chi connectivity index (χ4v) is 3.02. The number of ether oxygens (including phenoxy) is 1. The number of hydrogen-bond acceptors (Lipinski definition) is 3. The minimum atomic E-state index is -0.895. The lowest BCUT2D eigenvalue weighted by Crippen LogP contribution is -2.43. The topological polar surface area (TPSA) is 49.8 Å². The highest BCUT2D eigenvalue weighted by Gasteiger charge is 2.25. The second-order valence-electron chi connectivity index (χ2n) is 5.63. The highest BCUT2D eigenvalue weighted by molar-refractivity contribution is 5.88. The van der Waals surface area contributed by atoms with Gasteiger partial charge in [-0.2, -0.15) is 0 Å². The molecule has 0 bridgehead atoms. The standard InChI is InChI=1S/C16H23NO3/c1-11-5-4-6-12(2)17(11)10-14-9-13(16(18)19)7-8-15(14)20-3/h7-9,11-12H,4-6,10H2,1-3H3,(H,18,19). The van der Waals surface area contributed by atoms with Crippen molar-refractivity contribution in [2.24, 2.45) is 0 Å². The molecule has 4 nitrogen and oxygen atoms in total. The summed E-state index contributed by atoms with van der Waals surface area (Å²) in [5.41, 5.74) is 1.27. The normalized spacial score (nSPS) is 23.6. The predicted octanol–water partition coefficient (Wildman–Crippen LogP) is 3.16. The maximum absolute atomic E-state index is 11.1. The molecular weight excluding hydrogens is 254 g/mol. The Bertz CT molecular complexity index is 477. The molecule has 0 aliphatic carbocycles. The first-order valence-electron chi connectivity index (χ1n) is 7.19. The molecule has 1 aliphatic heterocycles. The Hall–Kier alpha value is -1.55. The van der Waals surface area contributed by atoms with E-state index in [9.17, 15) is 4.79 Å². The number of benzene rings is 1. The molecule has 0 radical (unpaired) electrons. The number of aromatic carboxylic acids is 1. The van der Waals surface area contributed by atoms with Gasteiger partial charge in [0.1, 0.15) is 5.75 Å². The number of nitrogens with zero attached hydrogens (tertiary/aromatic N) is 1. The largest absolute Gasteiger partial charge is 0.496 e. The molecule has 20 heavy (non-hydrogen) atoms. The van der Waals surface area contributed by atoms with Crippen LogP contribution < -0.4 is 4.74 Å². The predicted molar refractivity (Wildman–Crippen MR) is 78.3 cm³/mol. The van der Waals surface area contributed by atoms with Crippen LogP contribution in [0.25, 0.3) is 0 Å². The van der Waals surface area contributed by atoms with Crippen LogP contribution in [0.1, 0.15) is 49.0 Å². The van der Waals surface area contributed by atoms with E-state index in [1.54, 1.807) is 25.3 Å². The first kappa shape index (κ1) is 14.9. The average molecular weight is 277 g/mol. The molecule has 4 heteroatoms. The fourth-order valence-electron chi connectivity index (χ4n) is 3.02. The van der Waals surface area contributed by atoms with Crippen LogP contribution in [0.5, 0.6) is 5.75 Å². The van der Waals surface area contributed by atoms with Gasteiger partial charge < -0.3 is 9.84 Å². The van der Waals surface area contributed by atoms with E-state index in [1.165, 1.54) is 19.3 Å². The van der Waals surface area contributed by atoms with E-state index in [4.69, 9.17) is 9.84 Å². The summed E-state index contributed by atoms with van der Waals surface area (Å²) in [7, 11) is 1.63. The molecule has 1 heterocycles. The van der Waals surface area contributed by atoms with E-state index < -0.39 is 5.97 Å². The summed E-state index contributed by atoms with van der Waals surface area (Å²) in [6, 6.07) is 6.12. The van der Waals surface area contributed by atoms with Crippen LogP contribution in [0.3, 0.4) is 0 Å². The quantitative estimate of drug-likeness (QED) is 0.918. The molecular formula is C16H23NO3. The second kappa shape index (κ2) is 6.27. The molecule has 1 fully saturated rings. The van der Waals surface area contributed by atoms with Crippen molar-refractivity contribution in [3.05, 3.63) is 29.3 Å². The van der Waals surface area contributed by atoms with Crippen LogP contribution >= 0.6 is 0 Å². The fraction of sp³-hybridized carbons (Fsp3) is 0.562. The number of likely N-dealkylation sites (tertiary alicyclic amines) is 1. The molecule has 0 spiro atoms. The number of piperidine rings is 1. The summed E-state index contributed by atoms with van der Waals surface area (Å²) in [6.07, 6.45) is 3.67. The average Bonchev–Trinajstić information content (AvgIpc) is 2.42. The van der Waals surface area contributed by atoms with Crippen molar-refractivity contribution in [1.82, 2.24) is 4.90 Å². The van der Waals surface area contributed by atoms with Crippen molar-refractivity contribution in [3.8, 4) is 5.75 Å². The van der Waals surface area contributed by atoms with Crippen LogP contribution in [0, 0.1) is 0 Å². The Morgan fingerprint density at radius 3 is 2.55 bits per heavy atom. The number of carboxylic acids is 1. The molecule has 1 saturated heterocycles. The Morgan fingerprint density at radius 1 is 1.35 bits per heavy atom. The monoisotopic (exact) mass is 277 g/mol. The van der Waals surface area contributed by atoms with Crippen molar-refractivity contribution < 1.29 is 14.6 Å². The molecule has 1 N–H and O–H groups in total. The van der Waals surface area contributed by atoms with Gasteiger partial charge in [-0.25, -0.2) is 4.79 Å². The number of carboxylic acid groups (broad SMARTS) is 1. The second-order valence-corrected chi connectivity index (χ2v) is 5.63. The SMILES string of the molecule is COc1ccc(C(=O)O)cc1CN1C(C)CCCC1C. The van der Waals surface area contributed by atoms with E-state index in [2.05, 4.69) is 18.7 Å². The summed E-state index contributed by atoms with van der Waals surface area (Å²) in [6.45, 7) is 5.22. The van der Waals surface area contributed by atoms with Gasteiger partial charge in [0.25, 0.3) is 0 Å². The molecule has 1 aliphatic rings. The molecule has 1 aromatic rings. The zero-order chi connectivity index (χ0) is 14.7. The lowest BCUT2D eigenvalue weighted by atomic mass is 9.96. The summed E-state index contributed by atoms with van der Waals surface area (Å²) < 4.78 is 5.37. The summed E-state index contributed by atoms with van der Waals surface area (Å²) in [5.74, 6) is -0.131. The zero-order valence-corrected chi connectivity index (χ0v) is 12.4. The van der Waals surface area contributed by atoms with Crippen LogP contribution in [-0.4, -0.2) is 35.2 Å². The molecule has 0 aromatic heterocycles.